The van der Waals surface area contributed by atoms with Crippen LogP contribution in [-0.2, 0) is 4.74 Å². The molecule has 27 heavy (non-hydrogen) atoms. The van der Waals surface area contributed by atoms with E-state index in [1.807, 2.05) is 12.1 Å². The number of hydrogen-bond donors (Lipinski definition) is 3. The van der Waals surface area contributed by atoms with Gasteiger partial charge in [-0.3, -0.25) is 4.79 Å². The fourth-order valence-electron chi connectivity index (χ4n) is 3.83. The highest BCUT2D eigenvalue weighted by Crippen LogP contribution is 2.23. The SMILES string of the molecule is O=C(NC1CCCOC1)c1cccc2cnc(N[C@H]3CC[C@H](O)CC3)nc12. The van der Waals surface area contributed by atoms with E-state index in [4.69, 9.17) is 4.74 Å². The predicted molar refractivity (Wildman–Crippen MR) is 103 cm³/mol. The molecule has 7 nitrogen and oxygen atoms in total. The van der Waals surface area contributed by atoms with Gasteiger partial charge in [-0.2, -0.15) is 0 Å². The number of anilines is 1. The van der Waals surface area contributed by atoms with E-state index < -0.39 is 0 Å². The van der Waals surface area contributed by atoms with Gasteiger partial charge in [0, 0.05) is 24.2 Å². The summed E-state index contributed by atoms with van der Waals surface area (Å²) in [6, 6.07) is 5.88. The van der Waals surface area contributed by atoms with E-state index in [-0.39, 0.29) is 24.1 Å². The smallest absolute Gasteiger partial charge is 0.253 e. The molecule has 1 aromatic carbocycles. The minimum absolute atomic E-state index is 0.0506. The molecule has 1 aromatic heterocycles. The summed E-state index contributed by atoms with van der Waals surface area (Å²) < 4.78 is 5.45. The monoisotopic (exact) mass is 370 g/mol. The summed E-state index contributed by atoms with van der Waals surface area (Å²) in [5, 5.41) is 16.9. The Morgan fingerprint density at radius 2 is 2.00 bits per heavy atom. The van der Waals surface area contributed by atoms with Crippen molar-refractivity contribution in [2.75, 3.05) is 18.5 Å². The van der Waals surface area contributed by atoms with Gasteiger partial charge in [-0.1, -0.05) is 12.1 Å². The maximum absolute atomic E-state index is 12.8. The molecule has 4 rings (SSSR count). The zero-order valence-electron chi connectivity index (χ0n) is 15.4. The van der Waals surface area contributed by atoms with Crippen molar-refractivity contribution in [3.63, 3.8) is 0 Å². The molecule has 1 aliphatic carbocycles. The molecule has 7 heteroatoms. The Morgan fingerprint density at radius 3 is 2.78 bits per heavy atom. The fraction of sp³-hybridized carbons (Fsp3) is 0.550. The van der Waals surface area contributed by atoms with Crippen LogP contribution in [0, 0.1) is 0 Å². The molecule has 2 aliphatic rings. The number of benzene rings is 1. The average molecular weight is 370 g/mol. The molecule has 1 aliphatic heterocycles. The van der Waals surface area contributed by atoms with Crippen molar-refractivity contribution >= 4 is 22.8 Å². The minimum Gasteiger partial charge on any atom is -0.393 e. The number of amides is 1. The maximum atomic E-state index is 12.8. The van der Waals surface area contributed by atoms with E-state index in [1.165, 1.54) is 0 Å². The predicted octanol–water partition coefficient (Wildman–Crippen LogP) is 2.25. The first-order valence-corrected chi connectivity index (χ1v) is 9.78. The molecule has 144 valence electrons. The van der Waals surface area contributed by atoms with Crippen LogP contribution in [0.5, 0.6) is 0 Å². The van der Waals surface area contributed by atoms with Crippen molar-refractivity contribution in [3.8, 4) is 0 Å². The van der Waals surface area contributed by atoms with E-state index in [0.29, 0.717) is 23.6 Å². The van der Waals surface area contributed by atoms with Crippen LogP contribution < -0.4 is 10.6 Å². The summed E-state index contributed by atoms with van der Waals surface area (Å²) in [5.41, 5.74) is 1.21. The molecule has 2 aromatic rings. The molecular weight excluding hydrogens is 344 g/mol. The molecule has 1 saturated carbocycles. The number of aliphatic hydroxyl groups is 1. The zero-order valence-corrected chi connectivity index (χ0v) is 15.4. The van der Waals surface area contributed by atoms with E-state index in [1.54, 1.807) is 12.3 Å². The highest BCUT2D eigenvalue weighted by molar-refractivity contribution is 6.05. The van der Waals surface area contributed by atoms with Gasteiger partial charge in [-0.05, 0) is 44.6 Å². The normalized spacial score (nSPS) is 25.9. The summed E-state index contributed by atoms with van der Waals surface area (Å²) in [5.74, 6) is 0.409. The Morgan fingerprint density at radius 1 is 1.15 bits per heavy atom. The first-order chi connectivity index (χ1) is 13.2. The number of rotatable bonds is 4. The number of nitrogens with zero attached hydrogens (tertiary/aromatic N) is 2. The maximum Gasteiger partial charge on any atom is 0.253 e. The lowest BCUT2D eigenvalue weighted by atomic mass is 9.93. The topological polar surface area (TPSA) is 96.4 Å². The Kier molecular flexibility index (Phi) is 5.50. The van der Waals surface area contributed by atoms with Crippen LogP contribution in [-0.4, -0.2) is 52.4 Å². The van der Waals surface area contributed by atoms with Crippen LogP contribution in [0.2, 0.25) is 0 Å². The Hall–Kier alpha value is -2.25. The van der Waals surface area contributed by atoms with Crippen LogP contribution in [0.15, 0.2) is 24.4 Å². The largest absolute Gasteiger partial charge is 0.393 e. The second kappa shape index (κ2) is 8.19. The highest BCUT2D eigenvalue weighted by atomic mass is 16.5. The first-order valence-electron chi connectivity index (χ1n) is 9.78. The molecule has 3 N–H and O–H groups in total. The minimum atomic E-state index is -0.195. The van der Waals surface area contributed by atoms with Gasteiger partial charge in [0.1, 0.15) is 0 Å². The number of aromatic nitrogens is 2. The zero-order chi connectivity index (χ0) is 18.6. The third kappa shape index (κ3) is 4.36. The van der Waals surface area contributed by atoms with Crippen LogP contribution in [0.3, 0.4) is 0 Å². The standard InChI is InChI=1S/C20H26N4O3/c25-16-8-6-14(7-9-16)23-20-21-11-13-3-1-5-17(18(13)24-20)19(26)22-15-4-2-10-27-12-15/h1,3,5,11,14-16,25H,2,4,6-10,12H2,(H,22,26)(H,21,23,24)/t14-,15?,16-. The van der Waals surface area contributed by atoms with Crippen molar-refractivity contribution in [2.45, 2.75) is 56.7 Å². The second-order valence-corrected chi connectivity index (χ2v) is 7.47. The van der Waals surface area contributed by atoms with Gasteiger partial charge in [0.05, 0.1) is 29.8 Å². The summed E-state index contributed by atoms with van der Waals surface area (Å²) in [6.07, 6.45) is 6.84. The molecule has 2 fully saturated rings. The number of ether oxygens (including phenoxy) is 1. The Bertz CT molecular complexity index is 799. The molecule has 2 heterocycles. The van der Waals surface area contributed by atoms with Crippen LogP contribution in [0.1, 0.15) is 48.9 Å². The molecule has 1 amide bonds. The molecule has 0 radical (unpaired) electrons. The summed E-state index contributed by atoms with van der Waals surface area (Å²) in [6.45, 7) is 1.33. The van der Waals surface area contributed by atoms with Gasteiger partial charge >= 0.3 is 0 Å². The molecule has 0 bridgehead atoms. The Balaban J connectivity index is 1.52. The molecule has 1 atom stereocenters. The van der Waals surface area contributed by atoms with Gasteiger partial charge in [-0.25, -0.2) is 9.97 Å². The van der Waals surface area contributed by atoms with Crippen molar-refractivity contribution in [1.82, 2.24) is 15.3 Å². The average Bonchev–Trinajstić information content (AvgIpc) is 2.70. The highest BCUT2D eigenvalue weighted by Gasteiger charge is 2.21. The number of aliphatic hydroxyl groups excluding tert-OH is 1. The van der Waals surface area contributed by atoms with E-state index in [2.05, 4.69) is 20.6 Å². The quantitative estimate of drug-likeness (QED) is 0.764. The van der Waals surface area contributed by atoms with Crippen LogP contribution in [0.4, 0.5) is 5.95 Å². The van der Waals surface area contributed by atoms with Gasteiger partial charge in [-0.15, -0.1) is 0 Å². The number of hydrogen-bond acceptors (Lipinski definition) is 6. The van der Waals surface area contributed by atoms with E-state index in [9.17, 15) is 9.90 Å². The fourth-order valence-corrected chi connectivity index (χ4v) is 3.83. The summed E-state index contributed by atoms with van der Waals surface area (Å²) in [4.78, 5) is 21.8. The summed E-state index contributed by atoms with van der Waals surface area (Å²) >= 11 is 0. The number of carbonyl (C=O) groups is 1. The molecule has 1 saturated heterocycles. The van der Waals surface area contributed by atoms with Crippen molar-refractivity contribution in [1.29, 1.82) is 0 Å². The number of nitrogens with one attached hydrogen (secondary N) is 2. The molecule has 0 spiro atoms. The molecule has 1 unspecified atom stereocenters. The number of carbonyl (C=O) groups excluding carboxylic acids is 1. The lowest BCUT2D eigenvalue weighted by Crippen LogP contribution is -2.40. The van der Waals surface area contributed by atoms with Gasteiger partial charge in [0.15, 0.2) is 0 Å². The van der Waals surface area contributed by atoms with Gasteiger partial charge in [0.25, 0.3) is 5.91 Å². The third-order valence-corrected chi connectivity index (χ3v) is 5.38. The van der Waals surface area contributed by atoms with Crippen molar-refractivity contribution in [3.05, 3.63) is 30.0 Å². The van der Waals surface area contributed by atoms with Crippen LogP contribution in [0.25, 0.3) is 10.9 Å². The third-order valence-electron chi connectivity index (χ3n) is 5.38. The Labute approximate surface area is 158 Å². The van der Waals surface area contributed by atoms with Gasteiger partial charge in [0.2, 0.25) is 5.95 Å². The second-order valence-electron chi connectivity index (χ2n) is 7.47. The summed E-state index contributed by atoms with van der Waals surface area (Å²) in [7, 11) is 0. The van der Waals surface area contributed by atoms with Crippen LogP contribution >= 0.6 is 0 Å². The lowest BCUT2D eigenvalue weighted by molar-refractivity contribution is 0.0625. The number of fused-ring (bicyclic) bond motifs is 1. The van der Waals surface area contributed by atoms with Crippen molar-refractivity contribution < 1.29 is 14.6 Å². The van der Waals surface area contributed by atoms with E-state index in [0.717, 1.165) is 50.5 Å². The lowest BCUT2D eigenvalue weighted by Gasteiger charge is -2.26. The first kappa shape index (κ1) is 18.1. The molecular formula is C20H26N4O3. The van der Waals surface area contributed by atoms with Gasteiger partial charge < -0.3 is 20.5 Å². The van der Waals surface area contributed by atoms with Crippen molar-refractivity contribution in [2.24, 2.45) is 0 Å². The van der Waals surface area contributed by atoms with E-state index >= 15 is 0 Å². The number of para-hydroxylation sites is 1.